The number of halogens is 3. The van der Waals surface area contributed by atoms with Gasteiger partial charge in [-0.15, -0.1) is 0 Å². The Labute approximate surface area is 255 Å². The lowest BCUT2D eigenvalue weighted by molar-refractivity contribution is -0.137. The molecule has 0 aromatic heterocycles. The van der Waals surface area contributed by atoms with Gasteiger partial charge in [-0.25, -0.2) is 0 Å². The van der Waals surface area contributed by atoms with Crippen LogP contribution in [-0.4, -0.2) is 12.9 Å². The lowest BCUT2D eigenvalue weighted by Gasteiger charge is -2.44. The summed E-state index contributed by atoms with van der Waals surface area (Å²) in [4.78, 5) is 15.4. The normalized spacial score (nSPS) is 18.2. The van der Waals surface area contributed by atoms with Crippen LogP contribution in [0.3, 0.4) is 0 Å². The minimum Gasteiger partial charge on any atom is -0.497 e. The molecule has 1 aliphatic heterocycles. The number of aryl methyl sites for hydroxylation is 2. The number of nitrogens with two attached hydrogens (primary N) is 1. The van der Waals surface area contributed by atoms with Gasteiger partial charge in [-0.3, -0.25) is 9.69 Å². The van der Waals surface area contributed by atoms with E-state index in [1.807, 2.05) is 52.0 Å². The van der Waals surface area contributed by atoms with Gasteiger partial charge >= 0.3 is 6.18 Å². The molecule has 1 heterocycles. The second-order valence-corrected chi connectivity index (χ2v) is 12.1. The van der Waals surface area contributed by atoms with Crippen LogP contribution in [-0.2, 0) is 17.6 Å². The highest BCUT2D eigenvalue weighted by Crippen LogP contribution is 2.51. The molecule has 228 valence electrons. The van der Waals surface area contributed by atoms with E-state index in [0.29, 0.717) is 29.2 Å². The number of methoxy groups -OCH3 is 1. The zero-order valence-electron chi connectivity index (χ0n) is 25.3. The van der Waals surface area contributed by atoms with E-state index in [1.165, 1.54) is 17.0 Å². The smallest absolute Gasteiger partial charge is 0.416 e. The summed E-state index contributed by atoms with van der Waals surface area (Å²) in [5.74, 6) is 0.436. The number of hydrogen-bond acceptors (Lipinski definition) is 6. The first-order valence-electron chi connectivity index (χ1n) is 14.2. The molecular weight excluding hydrogens is 567 g/mol. The Bertz CT molecular complexity index is 1730. The van der Waals surface area contributed by atoms with E-state index in [-0.39, 0.29) is 35.9 Å². The molecule has 2 N–H and O–H groups in total. The summed E-state index contributed by atoms with van der Waals surface area (Å²) in [5, 5.41) is 10.5. The second-order valence-electron chi connectivity index (χ2n) is 12.1. The van der Waals surface area contributed by atoms with Crippen LogP contribution in [0.4, 0.5) is 18.9 Å². The predicted octanol–water partition coefficient (Wildman–Crippen LogP) is 7.85. The highest BCUT2D eigenvalue weighted by molar-refractivity contribution is 6.01. The standard InChI is InChI=1S/C35H34F3N3O3/c1-20-13-21(2)27(14-22(20)19-44-26-11-9-25(43-5)10-12-26)31-28(18-39)33(40)41(24-8-6-7-23(15-24)35(36,37)38)29-16-34(3,4)17-30(42)32(29)31/h6-15,31H,16-17,19,40H2,1-5H3. The number of rotatable bonds is 6. The molecule has 0 saturated heterocycles. The molecule has 1 unspecified atom stereocenters. The van der Waals surface area contributed by atoms with E-state index in [2.05, 4.69) is 6.07 Å². The van der Waals surface area contributed by atoms with Crippen molar-refractivity contribution in [2.75, 3.05) is 12.0 Å². The first-order valence-corrected chi connectivity index (χ1v) is 14.2. The molecule has 0 amide bonds. The average molecular weight is 602 g/mol. The SMILES string of the molecule is COc1ccc(OCc2cc(C3C(C#N)=C(N)N(c4cccc(C(F)(F)F)c4)C4=C3C(=O)CC(C)(C)C4)c(C)cc2C)cc1. The van der Waals surface area contributed by atoms with Gasteiger partial charge in [0.15, 0.2) is 5.78 Å². The Morgan fingerprint density at radius 3 is 2.34 bits per heavy atom. The number of Topliss-reactive ketones (excluding diaryl/α,β-unsaturated/α-hetero) is 1. The van der Waals surface area contributed by atoms with Gasteiger partial charge in [0.25, 0.3) is 0 Å². The lowest BCUT2D eigenvalue weighted by Crippen LogP contribution is -2.42. The van der Waals surface area contributed by atoms with Gasteiger partial charge in [-0.2, -0.15) is 18.4 Å². The van der Waals surface area contributed by atoms with Crippen LogP contribution in [0.2, 0.25) is 0 Å². The Kier molecular flexibility index (Phi) is 7.98. The average Bonchev–Trinajstić information content (AvgIpc) is 2.95. The van der Waals surface area contributed by atoms with Crippen molar-refractivity contribution in [1.29, 1.82) is 5.26 Å². The number of nitriles is 1. The Morgan fingerprint density at radius 2 is 1.70 bits per heavy atom. The highest BCUT2D eigenvalue weighted by atomic mass is 19.4. The number of nitrogens with zero attached hydrogens (tertiary/aromatic N) is 2. The number of carbonyl (C=O) groups is 1. The van der Waals surface area contributed by atoms with Crippen LogP contribution in [0.5, 0.6) is 11.5 Å². The molecule has 0 spiro atoms. The van der Waals surface area contributed by atoms with Crippen molar-refractivity contribution in [1.82, 2.24) is 0 Å². The van der Waals surface area contributed by atoms with Crippen molar-refractivity contribution in [3.63, 3.8) is 0 Å². The molecule has 1 aliphatic carbocycles. The number of hydrogen-bond donors (Lipinski definition) is 1. The van der Waals surface area contributed by atoms with Crippen molar-refractivity contribution < 1.29 is 27.4 Å². The number of ketones is 1. The van der Waals surface area contributed by atoms with Gasteiger partial charge in [0.1, 0.15) is 23.9 Å². The number of benzene rings is 3. The van der Waals surface area contributed by atoms with Crippen molar-refractivity contribution in [2.24, 2.45) is 11.1 Å². The zero-order chi connectivity index (χ0) is 32.0. The third-order valence-corrected chi connectivity index (χ3v) is 8.30. The Morgan fingerprint density at radius 1 is 1.02 bits per heavy atom. The van der Waals surface area contributed by atoms with Crippen LogP contribution in [0.15, 0.2) is 83.3 Å². The monoisotopic (exact) mass is 601 g/mol. The summed E-state index contributed by atoms with van der Waals surface area (Å²) < 4.78 is 52.4. The molecule has 44 heavy (non-hydrogen) atoms. The van der Waals surface area contributed by atoms with Crippen molar-refractivity contribution >= 4 is 11.5 Å². The number of ether oxygens (including phenoxy) is 2. The van der Waals surface area contributed by atoms with Crippen molar-refractivity contribution in [3.8, 4) is 17.6 Å². The van der Waals surface area contributed by atoms with Gasteiger partial charge in [0.05, 0.1) is 30.2 Å². The maximum atomic E-state index is 14.0. The quantitative estimate of drug-likeness (QED) is 0.310. The summed E-state index contributed by atoms with van der Waals surface area (Å²) in [5.41, 5.74) is 9.98. The van der Waals surface area contributed by atoms with Gasteiger partial charge in [-0.1, -0.05) is 32.0 Å². The topological polar surface area (TPSA) is 88.6 Å². The molecule has 2 aliphatic rings. The fourth-order valence-corrected chi connectivity index (χ4v) is 6.15. The summed E-state index contributed by atoms with van der Waals surface area (Å²) in [6.45, 7) is 8.01. The van der Waals surface area contributed by atoms with Gasteiger partial charge in [0, 0.05) is 23.4 Å². The highest BCUT2D eigenvalue weighted by Gasteiger charge is 2.45. The van der Waals surface area contributed by atoms with Gasteiger partial charge in [-0.05, 0) is 90.4 Å². The second kappa shape index (κ2) is 11.4. The molecule has 6 nitrogen and oxygen atoms in total. The Balaban J connectivity index is 1.65. The molecular formula is C35H34F3N3O3. The van der Waals surface area contributed by atoms with E-state index >= 15 is 0 Å². The molecule has 9 heteroatoms. The third kappa shape index (κ3) is 5.77. The maximum absolute atomic E-state index is 14.0. The zero-order valence-corrected chi connectivity index (χ0v) is 25.3. The van der Waals surface area contributed by atoms with E-state index < -0.39 is 23.1 Å². The molecule has 3 aromatic carbocycles. The fraction of sp³-hybridized carbons (Fsp3) is 0.314. The number of anilines is 1. The van der Waals surface area contributed by atoms with E-state index in [0.717, 1.165) is 34.4 Å². The molecule has 0 radical (unpaired) electrons. The van der Waals surface area contributed by atoms with E-state index in [4.69, 9.17) is 15.2 Å². The van der Waals surface area contributed by atoms with E-state index in [9.17, 15) is 23.2 Å². The van der Waals surface area contributed by atoms with Crippen LogP contribution in [0.25, 0.3) is 0 Å². The predicted molar refractivity (Wildman–Crippen MR) is 162 cm³/mol. The number of carbonyl (C=O) groups excluding carboxylic acids is 1. The summed E-state index contributed by atoms with van der Waals surface area (Å²) in [6, 6.07) is 18.2. The van der Waals surface area contributed by atoms with Crippen LogP contribution < -0.4 is 20.1 Å². The molecule has 0 saturated carbocycles. The lowest BCUT2D eigenvalue weighted by atomic mass is 9.68. The summed E-state index contributed by atoms with van der Waals surface area (Å²) in [7, 11) is 1.59. The molecule has 1 atom stereocenters. The molecule has 0 bridgehead atoms. The first-order chi connectivity index (χ1) is 20.7. The third-order valence-electron chi connectivity index (χ3n) is 8.30. The summed E-state index contributed by atoms with van der Waals surface area (Å²) in [6.07, 6.45) is -3.96. The molecule has 5 rings (SSSR count). The number of allylic oxidation sites excluding steroid dienone is 3. The molecule has 3 aromatic rings. The Hall–Kier alpha value is -4.71. The first kappa shape index (κ1) is 30.7. The maximum Gasteiger partial charge on any atom is 0.416 e. The van der Waals surface area contributed by atoms with Crippen molar-refractivity contribution in [2.45, 2.75) is 59.2 Å². The van der Waals surface area contributed by atoms with E-state index in [1.54, 1.807) is 19.2 Å². The largest absolute Gasteiger partial charge is 0.497 e. The minimum absolute atomic E-state index is 0.0112. The van der Waals surface area contributed by atoms with Crippen LogP contribution in [0.1, 0.15) is 60.4 Å². The molecule has 0 fully saturated rings. The summed E-state index contributed by atoms with van der Waals surface area (Å²) >= 11 is 0. The minimum atomic E-state index is -4.58. The van der Waals surface area contributed by atoms with Crippen LogP contribution >= 0.6 is 0 Å². The van der Waals surface area contributed by atoms with Crippen LogP contribution in [0, 0.1) is 30.6 Å². The van der Waals surface area contributed by atoms with Gasteiger partial charge in [0.2, 0.25) is 0 Å². The van der Waals surface area contributed by atoms with Crippen molar-refractivity contribution in [3.05, 3.63) is 111 Å². The fourth-order valence-electron chi connectivity index (χ4n) is 6.15. The van der Waals surface area contributed by atoms with Gasteiger partial charge < -0.3 is 15.2 Å². The number of alkyl halides is 3.